The molecule has 7 heteroatoms. The van der Waals surface area contributed by atoms with Crippen molar-refractivity contribution in [2.24, 2.45) is 0 Å². The number of fused-ring (bicyclic) bond motifs is 1. The van der Waals surface area contributed by atoms with Crippen molar-refractivity contribution in [1.29, 1.82) is 0 Å². The van der Waals surface area contributed by atoms with E-state index in [4.69, 9.17) is 23.7 Å². The molecular weight excluding hydrogens is 388 g/mol. The lowest BCUT2D eigenvalue weighted by Crippen LogP contribution is -2.17. The summed E-state index contributed by atoms with van der Waals surface area (Å²) < 4.78 is 27.2. The lowest BCUT2D eigenvalue weighted by molar-refractivity contribution is -0.141. The fraction of sp³-hybridized carbons (Fsp3) is 0.348. The molecule has 0 saturated carbocycles. The van der Waals surface area contributed by atoms with E-state index in [1.54, 1.807) is 33.5 Å². The third-order valence-electron chi connectivity index (χ3n) is 4.91. The molecule has 0 aliphatic carbocycles. The number of phenolic OH excluding ortho intramolecular Hbond substituents is 1. The van der Waals surface area contributed by atoms with Gasteiger partial charge in [0.25, 0.3) is 0 Å². The molecule has 2 atom stereocenters. The maximum atomic E-state index is 11.5. The molecule has 1 aliphatic rings. The molecule has 0 bridgehead atoms. The van der Waals surface area contributed by atoms with E-state index in [0.717, 1.165) is 16.7 Å². The van der Waals surface area contributed by atoms with Crippen LogP contribution in [0.4, 0.5) is 0 Å². The number of methoxy groups -OCH3 is 3. The van der Waals surface area contributed by atoms with Gasteiger partial charge in [-0.15, -0.1) is 0 Å². The minimum Gasteiger partial charge on any atom is -0.504 e. The molecule has 1 N–H and O–H groups in total. The summed E-state index contributed by atoms with van der Waals surface area (Å²) >= 11 is 0. The standard InChI is InChI=1S/C23H26O7/c1-14(24)29-13-18-17-10-15(6-5-9-26-2)11-19(25)23(17)30-22(18)16-7-8-20(27-3)21(12-16)28-4/h5-8,10-12,18,22,25H,9,13H2,1-4H3/b6-5+/t18-,22+/m1/s1. The van der Waals surface area contributed by atoms with Gasteiger partial charge in [-0.05, 0) is 35.4 Å². The van der Waals surface area contributed by atoms with Crippen molar-refractivity contribution in [2.45, 2.75) is 18.9 Å². The molecule has 0 radical (unpaired) electrons. The van der Waals surface area contributed by atoms with Crippen LogP contribution in [0.3, 0.4) is 0 Å². The molecule has 0 unspecified atom stereocenters. The Labute approximate surface area is 175 Å². The molecule has 0 fully saturated rings. The number of phenols is 1. The number of ether oxygens (including phenoxy) is 5. The molecule has 0 amide bonds. The SMILES string of the molecule is COC/C=C/c1cc(O)c2c(c1)[C@@H](COC(C)=O)[C@H](c1ccc(OC)c(OC)c1)O2. The Morgan fingerprint density at radius 1 is 1.13 bits per heavy atom. The van der Waals surface area contributed by atoms with E-state index in [-0.39, 0.29) is 24.2 Å². The van der Waals surface area contributed by atoms with Gasteiger partial charge in [0.2, 0.25) is 0 Å². The summed E-state index contributed by atoms with van der Waals surface area (Å²) in [5, 5.41) is 10.6. The average Bonchev–Trinajstić information content (AvgIpc) is 3.11. The number of esters is 1. The molecule has 160 valence electrons. The van der Waals surface area contributed by atoms with Crippen LogP contribution in [0.1, 0.15) is 35.6 Å². The van der Waals surface area contributed by atoms with E-state index in [2.05, 4.69) is 0 Å². The summed E-state index contributed by atoms with van der Waals surface area (Å²) in [6.07, 6.45) is 3.24. The lowest BCUT2D eigenvalue weighted by Gasteiger charge is -2.20. The Hall–Kier alpha value is -3.19. The molecule has 30 heavy (non-hydrogen) atoms. The maximum absolute atomic E-state index is 11.5. The van der Waals surface area contributed by atoms with Gasteiger partial charge in [-0.25, -0.2) is 0 Å². The molecule has 1 heterocycles. The van der Waals surface area contributed by atoms with Gasteiger partial charge in [0.05, 0.1) is 26.7 Å². The third-order valence-corrected chi connectivity index (χ3v) is 4.91. The summed E-state index contributed by atoms with van der Waals surface area (Å²) in [5.74, 6) is 0.893. The van der Waals surface area contributed by atoms with Crippen molar-refractivity contribution in [3.05, 3.63) is 53.1 Å². The summed E-state index contributed by atoms with van der Waals surface area (Å²) in [5.41, 5.74) is 2.39. The van der Waals surface area contributed by atoms with Gasteiger partial charge in [-0.1, -0.05) is 18.2 Å². The number of carbonyl (C=O) groups is 1. The summed E-state index contributed by atoms with van der Waals surface area (Å²) in [7, 11) is 4.74. The highest BCUT2D eigenvalue weighted by Crippen LogP contribution is 2.51. The minimum absolute atomic E-state index is 0.0281. The van der Waals surface area contributed by atoms with Crippen LogP contribution in [0, 0.1) is 0 Å². The van der Waals surface area contributed by atoms with Crippen LogP contribution in [0.15, 0.2) is 36.4 Å². The molecule has 0 spiro atoms. The first-order chi connectivity index (χ1) is 14.5. The number of carbonyl (C=O) groups excluding carboxylic acids is 1. The van der Waals surface area contributed by atoms with Crippen LogP contribution in [0.5, 0.6) is 23.0 Å². The van der Waals surface area contributed by atoms with E-state index in [0.29, 0.717) is 23.9 Å². The zero-order valence-corrected chi connectivity index (χ0v) is 17.5. The largest absolute Gasteiger partial charge is 0.504 e. The van der Waals surface area contributed by atoms with Crippen molar-refractivity contribution in [3.63, 3.8) is 0 Å². The Kier molecular flexibility index (Phi) is 6.84. The molecule has 2 aromatic carbocycles. The van der Waals surface area contributed by atoms with Crippen molar-refractivity contribution in [1.82, 2.24) is 0 Å². The highest BCUT2D eigenvalue weighted by Gasteiger charge is 2.38. The van der Waals surface area contributed by atoms with Crippen molar-refractivity contribution >= 4 is 12.0 Å². The minimum atomic E-state index is -0.469. The first-order valence-corrected chi connectivity index (χ1v) is 9.52. The molecule has 0 aromatic heterocycles. The van der Waals surface area contributed by atoms with Crippen LogP contribution in [-0.2, 0) is 14.3 Å². The van der Waals surface area contributed by atoms with E-state index < -0.39 is 6.10 Å². The number of aromatic hydroxyl groups is 1. The average molecular weight is 414 g/mol. The molecule has 7 nitrogen and oxygen atoms in total. The summed E-state index contributed by atoms with van der Waals surface area (Å²) in [6.45, 7) is 1.94. The highest BCUT2D eigenvalue weighted by molar-refractivity contribution is 5.66. The van der Waals surface area contributed by atoms with E-state index in [9.17, 15) is 9.90 Å². The summed E-state index contributed by atoms with van der Waals surface area (Å²) in [4.78, 5) is 11.5. The third kappa shape index (κ3) is 4.52. The van der Waals surface area contributed by atoms with Gasteiger partial charge in [-0.3, -0.25) is 4.79 Å². The Balaban J connectivity index is 2.01. The first-order valence-electron chi connectivity index (χ1n) is 9.52. The fourth-order valence-electron chi connectivity index (χ4n) is 3.53. The van der Waals surface area contributed by atoms with Gasteiger partial charge < -0.3 is 28.8 Å². The second-order valence-electron chi connectivity index (χ2n) is 6.88. The number of rotatable bonds is 8. The molecule has 2 aromatic rings. The number of hydrogen-bond acceptors (Lipinski definition) is 7. The second-order valence-corrected chi connectivity index (χ2v) is 6.88. The maximum Gasteiger partial charge on any atom is 0.302 e. The molecule has 0 saturated heterocycles. The normalized spacial score (nSPS) is 17.5. The van der Waals surface area contributed by atoms with Crippen molar-refractivity contribution in [3.8, 4) is 23.0 Å². The van der Waals surface area contributed by atoms with Crippen LogP contribution >= 0.6 is 0 Å². The Morgan fingerprint density at radius 2 is 1.90 bits per heavy atom. The highest BCUT2D eigenvalue weighted by atomic mass is 16.5. The number of benzene rings is 2. The predicted octanol–water partition coefficient (Wildman–Crippen LogP) is 3.85. The molecule has 1 aliphatic heterocycles. The Morgan fingerprint density at radius 3 is 2.57 bits per heavy atom. The first kappa shape index (κ1) is 21.5. The van der Waals surface area contributed by atoms with E-state index in [1.165, 1.54) is 6.92 Å². The lowest BCUT2D eigenvalue weighted by atomic mass is 9.90. The van der Waals surface area contributed by atoms with Crippen LogP contribution in [0.25, 0.3) is 6.08 Å². The number of hydrogen-bond donors (Lipinski definition) is 1. The van der Waals surface area contributed by atoms with Gasteiger partial charge in [-0.2, -0.15) is 0 Å². The quantitative estimate of drug-likeness (QED) is 0.657. The predicted molar refractivity (Wildman–Crippen MR) is 111 cm³/mol. The van der Waals surface area contributed by atoms with Crippen LogP contribution < -0.4 is 14.2 Å². The van der Waals surface area contributed by atoms with Gasteiger partial charge in [0.1, 0.15) is 12.7 Å². The molecular formula is C23H26O7. The van der Waals surface area contributed by atoms with Crippen LogP contribution in [0.2, 0.25) is 0 Å². The molecule has 3 rings (SSSR count). The zero-order valence-electron chi connectivity index (χ0n) is 17.5. The van der Waals surface area contributed by atoms with E-state index in [1.807, 2.05) is 30.4 Å². The van der Waals surface area contributed by atoms with Gasteiger partial charge in [0.15, 0.2) is 23.0 Å². The van der Waals surface area contributed by atoms with E-state index >= 15 is 0 Å². The van der Waals surface area contributed by atoms with Crippen LogP contribution in [-0.4, -0.2) is 45.6 Å². The second kappa shape index (κ2) is 9.54. The van der Waals surface area contributed by atoms with Gasteiger partial charge in [0, 0.05) is 19.6 Å². The van der Waals surface area contributed by atoms with Crippen molar-refractivity contribution < 1.29 is 33.6 Å². The zero-order chi connectivity index (χ0) is 21.7. The Bertz CT molecular complexity index is 935. The van der Waals surface area contributed by atoms with Gasteiger partial charge >= 0.3 is 5.97 Å². The fourth-order valence-corrected chi connectivity index (χ4v) is 3.53. The summed E-state index contributed by atoms with van der Waals surface area (Å²) in [6, 6.07) is 9.05. The topological polar surface area (TPSA) is 83.5 Å². The smallest absolute Gasteiger partial charge is 0.302 e. The van der Waals surface area contributed by atoms with Crippen molar-refractivity contribution in [2.75, 3.05) is 34.5 Å². The monoisotopic (exact) mass is 414 g/mol.